The molecular weight excluding hydrogens is 381 g/mol. The van der Waals surface area contributed by atoms with Gasteiger partial charge >= 0.3 is 5.97 Å². The number of halogens is 1. The van der Waals surface area contributed by atoms with Crippen LogP contribution in [-0.4, -0.2) is 47.6 Å². The third kappa shape index (κ3) is 3.08. The Morgan fingerprint density at radius 3 is 2.93 bits per heavy atom. The normalized spacial score (nSPS) is 21.5. The maximum Gasteiger partial charge on any atom is 0.342 e. The van der Waals surface area contributed by atoms with Crippen LogP contribution in [0.3, 0.4) is 0 Å². The largest absolute Gasteiger partial charge is 0.477 e. The highest BCUT2D eigenvalue weighted by atomic mass is 32.2. The lowest BCUT2D eigenvalue weighted by atomic mass is 10.1. The predicted octanol–water partition coefficient (Wildman–Crippen LogP) is 2.94. The molecule has 1 saturated heterocycles. The number of carbonyl (C=O) groups is 1. The van der Waals surface area contributed by atoms with Crippen molar-refractivity contribution in [1.29, 1.82) is 0 Å². The summed E-state index contributed by atoms with van der Waals surface area (Å²) in [6.07, 6.45) is 0.993. The molecular formula is C20H24FN3O3S. The number of hydrogen-bond donors (Lipinski definition) is 2. The Hall–Kier alpha value is -2.06. The SMILES string of the molecule is CCNCC1CCN(c2cc3c(cc2F)c(=O)c(C(=O)O)c2n3C(C)CS2)C1. The molecule has 2 aliphatic rings. The number of carboxylic acids is 1. The predicted molar refractivity (Wildman–Crippen MR) is 109 cm³/mol. The van der Waals surface area contributed by atoms with E-state index in [-0.39, 0.29) is 17.0 Å². The van der Waals surface area contributed by atoms with E-state index in [9.17, 15) is 19.1 Å². The Labute approximate surface area is 166 Å². The van der Waals surface area contributed by atoms with E-state index >= 15 is 0 Å². The number of fused-ring (bicyclic) bond motifs is 3. The van der Waals surface area contributed by atoms with Crippen molar-refractivity contribution in [2.45, 2.75) is 31.3 Å². The summed E-state index contributed by atoms with van der Waals surface area (Å²) in [5.74, 6) is -0.566. The fraction of sp³-hybridized carbons (Fsp3) is 0.500. The third-order valence-corrected chi connectivity index (χ3v) is 6.98. The van der Waals surface area contributed by atoms with Crippen LogP contribution in [0.25, 0.3) is 10.9 Å². The molecule has 0 amide bonds. The Morgan fingerprint density at radius 1 is 1.43 bits per heavy atom. The monoisotopic (exact) mass is 405 g/mol. The van der Waals surface area contributed by atoms with Gasteiger partial charge < -0.3 is 19.9 Å². The number of nitrogens with zero attached hydrogens (tertiary/aromatic N) is 2. The summed E-state index contributed by atoms with van der Waals surface area (Å²) < 4.78 is 16.8. The zero-order chi connectivity index (χ0) is 20.0. The first-order valence-electron chi connectivity index (χ1n) is 9.65. The molecule has 2 atom stereocenters. The second kappa shape index (κ2) is 7.40. The maximum absolute atomic E-state index is 15.0. The van der Waals surface area contributed by atoms with Crippen molar-refractivity contribution in [3.63, 3.8) is 0 Å². The number of aromatic carboxylic acids is 1. The van der Waals surface area contributed by atoms with Gasteiger partial charge in [0.05, 0.1) is 16.2 Å². The van der Waals surface area contributed by atoms with Gasteiger partial charge in [-0.1, -0.05) is 6.92 Å². The first-order chi connectivity index (χ1) is 13.4. The second-order valence-electron chi connectivity index (χ2n) is 7.57. The van der Waals surface area contributed by atoms with Crippen molar-refractivity contribution in [2.24, 2.45) is 5.92 Å². The molecule has 28 heavy (non-hydrogen) atoms. The number of carboxylic acid groups (broad SMARTS) is 1. The molecule has 2 unspecified atom stereocenters. The lowest BCUT2D eigenvalue weighted by molar-refractivity contribution is 0.0690. The minimum Gasteiger partial charge on any atom is -0.477 e. The zero-order valence-electron chi connectivity index (χ0n) is 16.0. The Balaban J connectivity index is 1.83. The molecule has 2 aromatic rings. The summed E-state index contributed by atoms with van der Waals surface area (Å²) in [7, 11) is 0. The van der Waals surface area contributed by atoms with Crippen LogP contribution < -0.4 is 15.6 Å². The fourth-order valence-electron chi connectivity index (χ4n) is 4.24. The van der Waals surface area contributed by atoms with E-state index in [4.69, 9.17) is 0 Å². The van der Waals surface area contributed by atoms with E-state index in [0.29, 0.717) is 27.9 Å². The number of hydrogen-bond acceptors (Lipinski definition) is 5. The van der Waals surface area contributed by atoms with Gasteiger partial charge in [-0.15, -0.1) is 11.8 Å². The van der Waals surface area contributed by atoms with E-state index in [1.165, 1.54) is 17.8 Å². The van der Waals surface area contributed by atoms with Gasteiger partial charge in [0, 0.05) is 30.3 Å². The molecule has 0 saturated carbocycles. The second-order valence-corrected chi connectivity index (χ2v) is 8.58. The summed E-state index contributed by atoms with van der Waals surface area (Å²) in [4.78, 5) is 26.5. The van der Waals surface area contributed by atoms with Crippen molar-refractivity contribution in [1.82, 2.24) is 9.88 Å². The minimum absolute atomic E-state index is 0.0413. The quantitative estimate of drug-likeness (QED) is 0.797. The molecule has 2 aliphatic heterocycles. The number of anilines is 1. The molecule has 3 heterocycles. The Bertz CT molecular complexity index is 1010. The number of nitrogens with one attached hydrogen (secondary N) is 1. The molecule has 1 fully saturated rings. The molecule has 0 bridgehead atoms. The molecule has 150 valence electrons. The molecule has 0 aliphatic carbocycles. The van der Waals surface area contributed by atoms with E-state index in [1.54, 1.807) is 6.07 Å². The van der Waals surface area contributed by atoms with Crippen molar-refractivity contribution < 1.29 is 14.3 Å². The topological polar surface area (TPSA) is 74.6 Å². The maximum atomic E-state index is 15.0. The molecule has 6 nitrogen and oxygen atoms in total. The highest BCUT2D eigenvalue weighted by Crippen LogP contribution is 2.39. The number of pyridine rings is 1. The van der Waals surface area contributed by atoms with Gasteiger partial charge in [-0.3, -0.25) is 4.79 Å². The molecule has 2 N–H and O–H groups in total. The van der Waals surface area contributed by atoms with Crippen LogP contribution in [-0.2, 0) is 0 Å². The standard InChI is InChI=1S/C20H24FN3O3S/c1-3-22-8-12-4-5-23(9-12)16-7-15-13(6-14(16)21)18(25)17(20(26)27)19-24(15)11(2)10-28-19/h6-7,11-12,22H,3-5,8-10H2,1-2H3,(H,26,27). The molecule has 8 heteroatoms. The Morgan fingerprint density at radius 2 is 2.21 bits per heavy atom. The van der Waals surface area contributed by atoms with Crippen LogP contribution >= 0.6 is 11.8 Å². The molecule has 1 aromatic carbocycles. The van der Waals surface area contributed by atoms with Crippen LogP contribution in [0.15, 0.2) is 22.0 Å². The average Bonchev–Trinajstić information content (AvgIpc) is 3.27. The van der Waals surface area contributed by atoms with Gasteiger partial charge in [0.1, 0.15) is 11.4 Å². The Kier molecular flexibility index (Phi) is 5.09. The van der Waals surface area contributed by atoms with E-state index < -0.39 is 17.2 Å². The van der Waals surface area contributed by atoms with Crippen molar-refractivity contribution in [3.8, 4) is 0 Å². The molecule has 4 rings (SSSR count). The van der Waals surface area contributed by atoms with Crippen LogP contribution in [0.2, 0.25) is 0 Å². The lowest BCUT2D eigenvalue weighted by Crippen LogP contribution is -2.27. The van der Waals surface area contributed by atoms with E-state index in [1.807, 2.05) is 16.4 Å². The number of aromatic nitrogens is 1. The summed E-state index contributed by atoms with van der Waals surface area (Å²) in [5, 5.41) is 13.5. The summed E-state index contributed by atoms with van der Waals surface area (Å²) in [5.41, 5.74) is 0.259. The first-order valence-corrected chi connectivity index (χ1v) is 10.6. The van der Waals surface area contributed by atoms with Gasteiger partial charge in [0.15, 0.2) is 0 Å². The first kappa shape index (κ1) is 19.3. The number of benzene rings is 1. The van der Waals surface area contributed by atoms with Crippen molar-refractivity contribution >= 4 is 34.3 Å². The summed E-state index contributed by atoms with van der Waals surface area (Å²) in [6, 6.07) is 3.00. The van der Waals surface area contributed by atoms with Gasteiger partial charge in [0.2, 0.25) is 5.43 Å². The minimum atomic E-state index is -1.26. The van der Waals surface area contributed by atoms with Crippen LogP contribution in [0, 0.1) is 11.7 Å². The smallest absolute Gasteiger partial charge is 0.342 e. The highest BCUT2D eigenvalue weighted by Gasteiger charge is 2.31. The van der Waals surface area contributed by atoms with Crippen molar-refractivity contribution in [2.75, 3.05) is 36.8 Å². The lowest BCUT2D eigenvalue weighted by Gasteiger charge is -2.22. The van der Waals surface area contributed by atoms with Gasteiger partial charge in [0.25, 0.3) is 0 Å². The molecule has 0 radical (unpaired) electrons. The van der Waals surface area contributed by atoms with Crippen LogP contribution in [0.4, 0.5) is 10.1 Å². The summed E-state index contributed by atoms with van der Waals surface area (Å²) >= 11 is 1.38. The summed E-state index contributed by atoms with van der Waals surface area (Å²) in [6.45, 7) is 7.42. The molecule has 1 aromatic heterocycles. The van der Waals surface area contributed by atoms with Gasteiger partial charge in [-0.2, -0.15) is 0 Å². The molecule has 0 spiro atoms. The highest BCUT2D eigenvalue weighted by molar-refractivity contribution is 7.99. The average molecular weight is 405 g/mol. The van der Waals surface area contributed by atoms with Gasteiger partial charge in [-0.05, 0) is 44.5 Å². The fourth-order valence-corrected chi connectivity index (χ4v) is 5.53. The van der Waals surface area contributed by atoms with Crippen LogP contribution in [0.5, 0.6) is 0 Å². The van der Waals surface area contributed by atoms with E-state index in [2.05, 4.69) is 12.2 Å². The number of thioether (sulfide) groups is 1. The van der Waals surface area contributed by atoms with Crippen LogP contribution in [0.1, 0.15) is 36.7 Å². The zero-order valence-corrected chi connectivity index (χ0v) is 16.8. The van der Waals surface area contributed by atoms with Gasteiger partial charge in [-0.25, -0.2) is 9.18 Å². The van der Waals surface area contributed by atoms with E-state index in [0.717, 1.165) is 32.6 Å². The van der Waals surface area contributed by atoms with Crippen molar-refractivity contribution in [3.05, 3.63) is 33.7 Å². The third-order valence-electron chi connectivity index (χ3n) is 5.65. The number of rotatable bonds is 5.